The van der Waals surface area contributed by atoms with Crippen molar-refractivity contribution in [1.29, 1.82) is 0 Å². The van der Waals surface area contributed by atoms with Crippen LogP contribution in [0, 0.1) is 13.8 Å². The van der Waals surface area contributed by atoms with E-state index in [4.69, 9.17) is 9.47 Å². The molecule has 0 aliphatic heterocycles. The average molecular weight is 314 g/mol. The molecule has 0 bridgehead atoms. The zero-order valence-electron chi connectivity index (χ0n) is 14.0. The van der Waals surface area contributed by atoms with Gasteiger partial charge in [-0.15, -0.1) is 0 Å². The molecule has 2 aromatic rings. The summed E-state index contributed by atoms with van der Waals surface area (Å²) in [6.45, 7) is 3.55. The largest absolute Gasteiger partial charge is 0.507 e. The summed E-state index contributed by atoms with van der Waals surface area (Å²) in [7, 11) is 3.02. The number of Topliss-reactive ketones (excluding diaryl/α,β-unsaturated/α-hetero) is 1. The third-order valence-electron chi connectivity index (χ3n) is 4.01. The number of hydrogen-bond donors (Lipinski definition) is 1. The van der Waals surface area contributed by atoms with Crippen molar-refractivity contribution in [2.45, 2.75) is 26.7 Å². The molecule has 0 amide bonds. The molecule has 0 aromatic heterocycles. The van der Waals surface area contributed by atoms with Crippen LogP contribution in [0.3, 0.4) is 0 Å². The Balaban J connectivity index is 2.36. The summed E-state index contributed by atoms with van der Waals surface area (Å²) < 4.78 is 10.7. The Kier molecular flexibility index (Phi) is 5.27. The van der Waals surface area contributed by atoms with Crippen LogP contribution in [-0.2, 0) is 6.42 Å². The molecule has 2 rings (SSSR count). The first-order valence-electron chi connectivity index (χ1n) is 7.52. The number of hydrogen-bond acceptors (Lipinski definition) is 4. The first-order chi connectivity index (χ1) is 11.0. The molecule has 0 saturated carbocycles. The topological polar surface area (TPSA) is 55.8 Å². The zero-order chi connectivity index (χ0) is 17.0. The van der Waals surface area contributed by atoms with Crippen LogP contribution in [0.2, 0.25) is 0 Å². The van der Waals surface area contributed by atoms with E-state index in [1.165, 1.54) is 14.2 Å². The number of phenolic OH excluding ortho intramolecular Hbond substituents is 1. The van der Waals surface area contributed by atoms with Crippen molar-refractivity contribution in [3.05, 3.63) is 52.6 Å². The van der Waals surface area contributed by atoms with E-state index in [9.17, 15) is 9.90 Å². The Bertz CT molecular complexity index is 705. The van der Waals surface area contributed by atoms with Crippen LogP contribution >= 0.6 is 0 Å². The third-order valence-corrected chi connectivity index (χ3v) is 4.01. The molecule has 23 heavy (non-hydrogen) atoms. The smallest absolute Gasteiger partial charge is 0.170 e. The molecule has 4 heteroatoms. The quantitative estimate of drug-likeness (QED) is 0.823. The number of rotatable bonds is 6. The lowest BCUT2D eigenvalue weighted by Crippen LogP contribution is -2.08. The van der Waals surface area contributed by atoms with Gasteiger partial charge in [-0.2, -0.15) is 0 Å². The van der Waals surface area contributed by atoms with Crippen LogP contribution in [0.5, 0.6) is 17.2 Å². The molecule has 1 N–H and O–H groups in total. The van der Waals surface area contributed by atoms with Gasteiger partial charge in [-0.1, -0.05) is 30.3 Å². The second kappa shape index (κ2) is 7.18. The van der Waals surface area contributed by atoms with Crippen LogP contribution in [0.4, 0.5) is 0 Å². The first-order valence-corrected chi connectivity index (χ1v) is 7.52. The van der Waals surface area contributed by atoms with Gasteiger partial charge in [0.25, 0.3) is 0 Å². The number of methoxy groups -OCH3 is 2. The summed E-state index contributed by atoms with van der Waals surface area (Å²) in [5.74, 6) is 0.710. The Hall–Kier alpha value is -2.49. The molecule has 2 aromatic carbocycles. The summed E-state index contributed by atoms with van der Waals surface area (Å²) in [6.07, 6.45) is 0.922. The van der Waals surface area contributed by atoms with Crippen molar-refractivity contribution >= 4 is 5.78 Å². The number of aromatic hydroxyl groups is 1. The van der Waals surface area contributed by atoms with Gasteiger partial charge in [0.1, 0.15) is 22.8 Å². The molecule has 0 saturated heterocycles. The number of carbonyl (C=O) groups excluding carboxylic acids is 1. The zero-order valence-corrected chi connectivity index (χ0v) is 14.0. The minimum Gasteiger partial charge on any atom is -0.507 e. The van der Waals surface area contributed by atoms with Crippen molar-refractivity contribution in [2.24, 2.45) is 0 Å². The van der Waals surface area contributed by atoms with Crippen LogP contribution in [-0.4, -0.2) is 25.1 Å². The number of carbonyl (C=O) groups is 1. The maximum Gasteiger partial charge on any atom is 0.170 e. The Morgan fingerprint density at radius 2 is 1.61 bits per heavy atom. The highest BCUT2D eigenvalue weighted by Crippen LogP contribution is 2.42. The summed E-state index contributed by atoms with van der Waals surface area (Å²) in [6, 6.07) is 9.79. The fraction of sp³-hybridized carbons (Fsp3) is 0.316. The SMILES string of the molecule is COc1c(C)c(O)c(C(=O)CCc2ccccc2)c(OC)c1C. The molecule has 0 heterocycles. The summed E-state index contributed by atoms with van der Waals surface area (Å²) in [4.78, 5) is 12.6. The van der Waals surface area contributed by atoms with Crippen molar-refractivity contribution < 1.29 is 19.4 Å². The fourth-order valence-electron chi connectivity index (χ4n) is 2.82. The van der Waals surface area contributed by atoms with Gasteiger partial charge in [0.05, 0.1) is 14.2 Å². The van der Waals surface area contributed by atoms with E-state index in [1.807, 2.05) is 37.3 Å². The van der Waals surface area contributed by atoms with Gasteiger partial charge in [-0.3, -0.25) is 4.79 Å². The molecule has 0 unspecified atom stereocenters. The van der Waals surface area contributed by atoms with E-state index >= 15 is 0 Å². The second-order valence-corrected chi connectivity index (χ2v) is 5.45. The predicted octanol–water partition coefficient (Wildman–Crippen LogP) is 3.84. The maximum absolute atomic E-state index is 12.6. The monoisotopic (exact) mass is 314 g/mol. The fourth-order valence-corrected chi connectivity index (χ4v) is 2.82. The molecular weight excluding hydrogens is 292 g/mol. The number of ketones is 1. The van der Waals surface area contributed by atoms with Gasteiger partial charge >= 0.3 is 0 Å². The molecule has 0 fully saturated rings. The number of aryl methyl sites for hydroxylation is 1. The standard InChI is InChI=1S/C19H22O4/c1-12-17(21)16(19(23-4)13(2)18(12)22-3)15(20)11-10-14-8-6-5-7-9-14/h5-9,21H,10-11H2,1-4H3. The van der Waals surface area contributed by atoms with Gasteiger partial charge in [0.2, 0.25) is 0 Å². The van der Waals surface area contributed by atoms with Gasteiger partial charge in [0.15, 0.2) is 5.78 Å². The van der Waals surface area contributed by atoms with Gasteiger partial charge < -0.3 is 14.6 Å². The van der Waals surface area contributed by atoms with Crippen molar-refractivity contribution in [3.63, 3.8) is 0 Å². The lowest BCUT2D eigenvalue weighted by molar-refractivity contribution is 0.0976. The van der Waals surface area contributed by atoms with E-state index < -0.39 is 0 Å². The van der Waals surface area contributed by atoms with Crippen LogP contribution in [0.1, 0.15) is 33.5 Å². The Labute approximate surface area is 136 Å². The lowest BCUT2D eigenvalue weighted by atomic mass is 9.96. The van der Waals surface area contributed by atoms with E-state index in [1.54, 1.807) is 6.92 Å². The highest BCUT2D eigenvalue weighted by atomic mass is 16.5. The molecular formula is C19H22O4. The molecule has 4 nitrogen and oxygen atoms in total. The Morgan fingerprint density at radius 1 is 1.00 bits per heavy atom. The molecule has 0 atom stereocenters. The van der Waals surface area contributed by atoms with Gasteiger partial charge in [0, 0.05) is 17.5 Å². The summed E-state index contributed by atoms with van der Waals surface area (Å²) >= 11 is 0. The van der Waals surface area contributed by atoms with Crippen LogP contribution in [0.25, 0.3) is 0 Å². The predicted molar refractivity (Wildman–Crippen MR) is 89.8 cm³/mol. The highest BCUT2D eigenvalue weighted by molar-refractivity contribution is 6.02. The molecule has 0 aliphatic carbocycles. The summed E-state index contributed by atoms with van der Waals surface area (Å²) in [5, 5.41) is 10.4. The van der Waals surface area contributed by atoms with E-state index in [-0.39, 0.29) is 17.1 Å². The van der Waals surface area contributed by atoms with Crippen LogP contribution < -0.4 is 9.47 Å². The normalized spacial score (nSPS) is 10.4. The number of phenols is 1. The van der Waals surface area contributed by atoms with E-state index in [0.717, 1.165) is 5.56 Å². The van der Waals surface area contributed by atoms with E-state index in [2.05, 4.69) is 0 Å². The minimum atomic E-state index is -0.142. The highest BCUT2D eigenvalue weighted by Gasteiger charge is 2.25. The summed E-state index contributed by atoms with van der Waals surface area (Å²) in [5.41, 5.74) is 2.59. The van der Waals surface area contributed by atoms with Crippen molar-refractivity contribution in [1.82, 2.24) is 0 Å². The minimum absolute atomic E-state index is 0.0673. The molecule has 0 radical (unpaired) electrons. The van der Waals surface area contributed by atoms with Gasteiger partial charge in [-0.25, -0.2) is 0 Å². The number of ether oxygens (including phenoxy) is 2. The van der Waals surface area contributed by atoms with Gasteiger partial charge in [-0.05, 0) is 25.8 Å². The molecule has 122 valence electrons. The Morgan fingerprint density at radius 3 is 2.17 bits per heavy atom. The maximum atomic E-state index is 12.6. The van der Waals surface area contributed by atoms with Crippen LogP contribution in [0.15, 0.2) is 30.3 Å². The molecule has 0 spiro atoms. The molecule has 0 aliphatic rings. The first kappa shape index (κ1) is 16.9. The van der Waals surface area contributed by atoms with Crippen molar-refractivity contribution in [3.8, 4) is 17.2 Å². The van der Waals surface area contributed by atoms with Crippen molar-refractivity contribution in [2.75, 3.05) is 14.2 Å². The van der Waals surface area contributed by atoms with E-state index in [0.29, 0.717) is 35.5 Å². The second-order valence-electron chi connectivity index (χ2n) is 5.45. The third kappa shape index (κ3) is 3.31. The average Bonchev–Trinajstić information content (AvgIpc) is 2.57. The number of benzene rings is 2. The lowest BCUT2D eigenvalue weighted by Gasteiger charge is -2.18.